The summed E-state index contributed by atoms with van der Waals surface area (Å²) in [6, 6.07) is 13.0. The number of aromatic hydroxyl groups is 1. The molecule has 0 spiro atoms. The molecule has 5 nitrogen and oxygen atoms in total. The average Bonchev–Trinajstić information content (AvgIpc) is 3.15. The lowest BCUT2D eigenvalue weighted by atomic mass is 10.2. The molecule has 0 aromatic heterocycles. The van der Waals surface area contributed by atoms with Crippen LogP contribution in [-0.4, -0.2) is 18.8 Å². The molecule has 0 saturated heterocycles. The van der Waals surface area contributed by atoms with E-state index in [2.05, 4.69) is 16.5 Å². The molecule has 0 saturated carbocycles. The minimum Gasteiger partial charge on any atom is -0.504 e. The van der Waals surface area contributed by atoms with Gasteiger partial charge < -0.3 is 14.7 Å². The lowest BCUT2D eigenvalue weighted by molar-refractivity contribution is 0.373. The van der Waals surface area contributed by atoms with Crippen molar-refractivity contribution in [1.82, 2.24) is 5.43 Å². The average molecular weight is 342 g/mol. The molecule has 0 bridgehead atoms. The molecule has 0 fully saturated rings. The molecule has 24 heavy (non-hydrogen) atoms. The summed E-state index contributed by atoms with van der Waals surface area (Å²) in [7, 11) is 1.55. The number of phenols is 1. The van der Waals surface area contributed by atoms with Gasteiger partial charge in [0.25, 0.3) is 0 Å². The number of benzene rings is 2. The van der Waals surface area contributed by atoms with Crippen molar-refractivity contribution in [2.75, 3.05) is 23.6 Å². The quantitative estimate of drug-likeness (QED) is 0.893. The smallest absolute Gasteiger partial charge is 0.162 e. The van der Waals surface area contributed by atoms with Gasteiger partial charge in [-0.15, -0.1) is 0 Å². The molecule has 2 aromatic carbocycles. The second kappa shape index (κ2) is 5.69. The minimum absolute atomic E-state index is 0.138. The first-order valence-electron chi connectivity index (χ1n) is 7.52. The van der Waals surface area contributed by atoms with E-state index in [0.717, 1.165) is 28.6 Å². The molecule has 2 heterocycles. The van der Waals surface area contributed by atoms with Crippen LogP contribution in [0.3, 0.4) is 0 Å². The summed E-state index contributed by atoms with van der Waals surface area (Å²) < 4.78 is 5.18. The molecular weight excluding hydrogens is 326 g/mol. The van der Waals surface area contributed by atoms with Gasteiger partial charge in [0.1, 0.15) is 0 Å². The van der Waals surface area contributed by atoms with Crippen LogP contribution in [0.2, 0.25) is 5.02 Å². The second-order valence-electron chi connectivity index (χ2n) is 5.64. The Hall–Kier alpha value is -2.79. The fourth-order valence-electron chi connectivity index (χ4n) is 2.83. The Morgan fingerprint density at radius 1 is 1.08 bits per heavy atom. The Labute approximate surface area is 145 Å². The first-order valence-corrected chi connectivity index (χ1v) is 7.90. The molecule has 2 aliphatic rings. The molecule has 122 valence electrons. The molecule has 2 aromatic rings. The number of hydrazine groups is 1. The molecule has 0 atom stereocenters. The Bertz CT molecular complexity index is 846. The van der Waals surface area contributed by atoms with E-state index in [-0.39, 0.29) is 5.75 Å². The summed E-state index contributed by atoms with van der Waals surface area (Å²) in [5.74, 6) is 0.604. The molecule has 0 unspecified atom stereocenters. The molecule has 0 radical (unpaired) electrons. The maximum Gasteiger partial charge on any atom is 0.162 e. The van der Waals surface area contributed by atoms with Gasteiger partial charge in [0.15, 0.2) is 11.5 Å². The predicted octanol–water partition coefficient (Wildman–Crippen LogP) is 3.62. The molecular formula is C18H16ClN3O2. The first kappa shape index (κ1) is 14.8. The van der Waals surface area contributed by atoms with E-state index in [1.165, 1.54) is 5.57 Å². The molecule has 0 aliphatic carbocycles. The van der Waals surface area contributed by atoms with Crippen molar-refractivity contribution in [2.24, 2.45) is 0 Å². The molecule has 6 heteroatoms. The van der Waals surface area contributed by atoms with E-state index in [1.807, 2.05) is 47.6 Å². The van der Waals surface area contributed by atoms with E-state index in [1.54, 1.807) is 13.2 Å². The fraction of sp³-hybridized carbons (Fsp3) is 0.111. The van der Waals surface area contributed by atoms with Crippen molar-refractivity contribution in [3.8, 4) is 11.5 Å². The summed E-state index contributed by atoms with van der Waals surface area (Å²) >= 11 is 5.94. The summed E-state index contributed by atoms with van der Waals surface area (Å²) in [4.78, 5) is 2.11. The number of hydrogen-bond donors (Lipinski definition) is 2. The van der Waals surface area contributed by atoms with Crippen LogP contribution in [0.25, 0.3) is 0 Å². The highest BCUT2D eigenvalue weighted by atomic mass is 35.5. The molecule has 4 rings (SSSR count). The Balaban J connectivity index is 1.54. The lowest BCUT2D eigenvalue weighted by Crippen LogP contribution is -2.27. The van der Waals surface area contributed by atoms with Crippen LogP contribution in [0, 0.1) is 0 Å². The van der Waals surface area contributed by atoms with Gasteiger partial charge in [0, 0.05) is 34.7 Å². The number of methoxy groups -OCH3 is 1. The fourth-order valence-corrected chi connectivity index (χ4v) is 2.96. The number of nitrogens with zero attached hydrogens (tertiary/aromatic N) is 2. The van der Waals surface area contributed by atoms with Crippen LogP contribution >= 0.6 is 11.6 Å². The van der Waals surface area contributed by atoms with E-state index in [0.29, 0.717) is 5.75 Å². The zero-order chi connectivity index (χ0) is 16.7. The van der Waals surface area contributed by atoms with Crippen molar-refractivity contribution < 1.29 is 9.84 Å². The number of rotatable bonds is 3. The molecule has 0 amide bonds. The maximum absolute atomic E-state index is 9.72. The third kappa shape index (κ3) is 2.53. The third-order valence-electron chi connectivity index (χ3n) is 4.10. The number of fused-ring (bicyclic) bond motifs is 1. The van der Waals surface area contributed by atoms with Crippen molar-refractivity contribution in [3.63, 3.8) is 0 Å². The summed E-state index contributed by atoms with van der Waals surface area (Å²) in [5, 5.41) is 12.4. The number of hydrogen-bond acceptors (Lipinski definition) is 5. The number of nitrogens with one attached hydrogen (secondary N) is 1. The monoisotopic (exact) mass is 341 g/mol. The van der Waals surface area contributed by atoms with Gasteiger partial charge in [-0.1, -0.05) is 11.6 Å². The predicted molar refractivity (Wildman–Crippen MR) is 95.2 cm³/mol. The lowest BCUT2D eigenvalue weighted by Gasteiger charge is -2.19. The largest absolute Gasteiger partial charge is 0.504 e. The Morgan fingerprint density at radius 3 is 2.54 bits per heavy atom. The molecule has 2 N–H and O–H groups in total. The summed E-state index contributed by atoms with van der Waals surface area (Å²) in [6.07, 6.45) is 4.13. The standard InChI is InChI=1S/C18H16ClN3O2/c1-24-18-8-15(6-7-17(18)23)21-9-12-10-22(20-16(12)11-21)14-4-2-13(19)3-5-14/h2-8,10-11,20,23H,9H2,1H3. The van der Waals surface area contributed by atoms with Crippen molar-refractivity contribution in [1.29, 1.82) is 0 Å². The normalized spacial score (nSPS) is 15.8. The van der Waals surface area contributed by atoms with Gasteiger partial charge in [-0.3, -0.25) is 10.4 Å². The van der Waals surface area contributed by atoms with Crippen LogP contribution in [0.4, 0.5) is 11.4 Å². The van der Waals surface area contributed by atoms with Crippen molar-refractivity contribution in [2.45, 2.75) is 0 Å². The van der Waals surface area contributed by atoms with E-state index in [9.17, 15) is 5.11 Å². The van der Waals surface area contributed by atoms with Gasteiger partial charge in [-0.2, -0.15) is 0 Å². The Kier molecular flexibility index (Phi) is 3.50. The SMILES string of the molecule is COc1cc(N2C=C3NN(c4ccc(Cl)cc4)C=C3C2)ccc1O. The number of phenolic OH excluding ortho intramolecular Hbond substituents is 1. The Morgan fingerprint density at radius 2 is 1.83 bits per heavy atom. The third-order valence-corrected chi connectivity index (χ3v) is 4.35. The highest BCUT2D eigenvalue weighted by molar-refractivity contribution is 6.30. The minimum atomic E-state index is 0.138. The van der Waals surface area contributed by atoms with Gasteiger partial charge in [-0.25, -0.2) is 0 Å². The van der Waals surface area contributed by atoms with E-state index >= 15 is 0 Å². The van der Waals surface area contributed by atoms with Crippen LogP contribution < -0.4 is 20.1 Å². The second-order valence-corrected chi connectivity index (χ2v) is 6.08. The highest BCUT2D eigenvalue weighted by Gasteiger charge is 2.27. The van der Waals surface area contributed by atoms with Gasteiger partial charge in [0.2, 0.25) is 0 Å². The van der Waals surface area contributed by atoms with Crippen molar-refractivity contribution >= 4 is 23.0 Å². The topological polar surface area (TPSA) is 48.0 Å². The molecule has 2 aliphatic heterocycles. The summed E-state index contributed by atoms with van der Waals surface area (Å²) in [6.45, 7) is 0.750. The first-order chi connectivity index (χ1) is 11.6. The van der Waals surface area contributed by atoms with Crippen LogP contribution in [0.1, 0.15) is 0 Å². The number of halogens is 1. The number of ether oxygens (including phenoxy) is 1. The van der Waals surface area contributed by atoms with Crippen LogP contribution in [0.5, 0.6) is 11.5 Å². The highest BCUT2D eigenvalue weighted by Crippen LogP contribution is 2.35. The zero-order valence-corrected chi connectivity index (χ0v) is 13.8. The van der Waals surface area contributed by atoms with E-state index < -0.39 is 0 Å². The maximum atomic E-state index is 9.72. The summed E-state index contributed by atoms with van der Waals surface area (Å²) in [5.41, 5.74) is 7.60. The van der Waals surface area contributed by atoms with E-state index in [4.69, 9.17) is 16.3 Å². The van der Waals surface area contributed by atoms with Gasteiger partial charge >= 0.3 is 0 Å². The zero-order valence-electron chi connectivity index (χ0n) is 13.0. The van der Waals surface area contributed by atoms with Gasteiger partial charge in [0.05, 0.1) is 25.0 Å². The van der Waals surface area contributed by atoms with Crippen LogP contribution in [0.15, 0.2) is 66.1 Å². The number of anilines is 2. The van der Waals surface area contributed by atoms with Crippen molar-refractivity contribution in [3.05, 3.63) is 71.2 Å². The van der Waals surface area contributed by atoms with Gasteiger partial charge in [-0.05, 0) is 36.4 Å². The van der Waals surface area contributed by atoms with Crippen LogP contribution in [-0.2, 0) is 0 Å².